The van der Waals surface area contributed by atoms with Crippen molar-refractivity contribution in [2.75, 3.05) is 0 Å². The van der Waals surface area contributed by atoms with E-state index in [0.717, 1.165) is 27.2 Å². The van der Waals surface area contributed by atoms with Crippen molar-refractivity contribution in [3.05, 3.63) is 29.2 Å². The normalized spacial score (nSPS) is 10.8. The van der Waals surface area contributed by atoms with Gasteiger partial charge in [-0.2, -0.15) is 4.37 Å². The van der Waals surface area contributed by atoms with E-state index in [4.69, 9.17) is 5.73 Å². The summed E-state index contributed by atoms with van der Waals surface area (Å²) in [6.07, 6.45) is 2.67. The maximum Gasteiger partial charge on any atom is 0.176 e. The van der Waals surface area contributed by atoms with Crippen LogP contribution < -0.4 is 5.73 Å². The molecule has 0 saturated heterocycles. The molecule has 0 aliphatic heterocycles. The number of aromatic nitrogens is 3. The van der Waals surface area contributed by atoms with E-state index in [2.05, 4.69) is 14.3 Å². The summed E-state index contributed by atoms with van der Waals surface area (Å²) in [6.45, 7) is 4.60. The second kappa shape index (κ2) is 5.57. The van der Waals surface area contributed by atoms with E-state index in [1.807, 2.05) is 19.9 Å². The van der Waals surface area contributed by atoms with Crippen LogP contribution >= 0.6 is 23.3 Å². The average molecular weight is 266 g/mol. The molecule has 17 heavy (non-hydrogen) atoms. The third-order valence-electron chi connectivity index (χ3n) is 2.40. The lowest BCUT2D eigenvalue weighted by atomic mass is 10.2. The van der Waals surface area contributed by atoms with Gasteiger partial charge in [-0.25, -0.2) is 9.97 Å². The maximum atomic E-state index is 5.75. The molecule has 0 unspecified atom stereocenters. The summed E-state index contributed by atoms with van der Waals surface area (Å²) in [5.41, 5.74) is 8.01. The molecule has 90 valence electrons. The van der Waals surface area contributed by atoms with Gasteiger partial charge in [-0.15, -0.1) is 0 Å². The zero-order valence-corrected chi connectivity index (χ0v) is 11.4. The van der Waals surface area contributed by atoms with Crippen molar-refractivity contribution >= 4 is 23.3 Å². The summed E-state index contributed by atoms with van der Waals surface area (Å²) in [4.78, 5) is 8.78. The van der Waals surface area contributed by atoms with Crippen LogP contribution in [0.3, 0.4) is 0 Å². The lowest BCUT2D eigenvalue weighted by Gasteiger charge is -2.06. The van der Waals surface area contributed by atoms with Gasteiger partial charge in [-0.1, -0.05) is 6.92 Å². The predicted octanol–water partition coefficient (Wildman–Crippen LogP) is 2.41. The van der Waals surface area contributed by atoms with Gasteiger partial charge < -0.3 is 5.73 Å². The summed E-state index contributed by atoms with van der Waals surface area (Å²) in [5, 5.41) is 0.936. The molecule has 4 nitrogen and oxygen atoms in total. The van der Waals surface area contributed by atoms with Crippen LogP contribution in [0.5, 0.6) is 0 Å². The molecule has 0 atom stereocenters. The minimum atomic E-state index is 0.501. The van der Waals surface area contributed by atoms with E-state index in [1.54, 1.807) is 18.0 Å². The van der Waals surface area contributed by atoms with Crippen molar-refractivity contribution in [1.82, 2.24) is 14.3 Å². The van der Waals surface area contributed by atoms with Gasteiger partial charge in [0.05, 0.1) is 0 Å². The van der Waals surface area contributed by atoms with E-state index in [9.17, 15) is 0 Å². The fraction of sp³-hybridized carbons (Fsp3) is 0.364. The van der Waals surface area contributed by atoms with Crippen LogP contribution in [0.1, 0.15) is 23.9 Å². The highest BCUT2D eigenvalue weighted by molar-refractivity contribution is 8.00. The Morgan fingerprint density at radius 1 is 1.47 bits per heavy atom. The van der Waals surface area contributed by atoms with Gasteiger partial charge >= 0.3 is 0 Å². The molecule has 0 spiro atoms. The van der Waals surface area contributed by atoms with Crippen LogP contribution in [0.25, 0.3) is 0 Å². The lowest BCUT2D eigenvalue weighted by molar-refractivity contribution is 0.937. The fourth-order valence-electron chi connectivity index (χ4n) is 1.41. The van der Waals surface area contributed by atoms with E-state index < -0.39 is 0 Å². The van der Waals surface area contributed by atoms with Gasteiger partial charge in [0, 0.05) is 24.7 Å². The highest BCUT2D eigenvalue weighted by atomic mass is 32.2. The third kappa shape index (κ3) is 2.83. The minimum Gasteiger partial charge on any atom is -0.326 e. The van der Waals surface area contributed by atoms with Crippen LogP contribution in [-0.4, -0.2) is 14.3 Å². The molecule has 0 aliphatic rings. The van der Waals surface area contributed by atoms with Crippen LogP contribution in [0.4, 0.5) is 0 Å². The van der Waals surface area contributed by atoms with E-state index in [0.29, 0.717) is 6.54 Å². The van der Waals surface area contributed by atoms with Crippen molar-refractivity contribution in [3.8, 4) is 0 Å². The highest BCUT2D eigenvalue weighted by Crippen LogP contribution is 2.30. The Kier molecular flexibility index (Phi) is 4.09. The van der Waals surface area contributed by atoms with Crippen molar-refractivity contribution in [1.29, 1.82) is 0 Å². The summed E-state index contributed by atoms with van der Waals surface area (Å²) < 4.78 is 5.19. The van der Waals surface area contributed by atoms with Crippen molar-refractivity contribution in [2.24, 2.45) is 5.73 Å². The minimum absolute atomic E-state index is 0.501. The van der Waals surface area contributed by atoms with Crippen LogP contribution in [0, 0.1) is 6.92 Å². The standard InChI is InChI=1S/C11H14N4S2/c1-3-9-14-11(17-15-9)16-10-8(6-12)7(2)4-5-13-10/h4-5H,3,6,12H2,1-2H3. The van der Waals surface area contributed by atoms with Gasteiger partial charge in [0.2, 0.25) is 0 Å². The lowest BCUT2D eigenvalue weighted by Crippen LogP contribution is -2.02. The smallest absolute Gasteiger partial charge is 0.176 e. The quantitative estimate of drug-likeness (QED) is 0.920. The molecule has 0 radical (unpaired) electrons. The van der Waals surface area contributed by atoms with Gasteiger partial charge in [-0.3, -0.25) is 0 Å². The Balaban J connectivity index is 2.26. The van der Waals surface area contributed by atoms with Crippen molar-refractivity contribution in [3.63, 3.8) is 0 Å². The van der Waals surface area contributed by atoms with Crippen LogP contribution in [0.2, 0.25) is 0 Å². The first-order valence-corrected chi connectivity index (χ1v) is 6.98. The second-order valence-corrected chi connectivity index (χ2v) is 5.54. The van der Waals surface area contributed by atoms with Crippen molar-refractivity contribution < 1.29 is 0 Å². The number of hydrogen-bond donors (Lipinski definition) is 1. The molecule has 2 aromatic heterocycles. The SMILES string of the molecule is CCc1nsc(Sc2nccc(C)c2CN)n1. The Bertz CT molecular complexity index is 510. The molecule has 0 fully saturated rings. The zero-order chi connectivity index (χ0) is 12.3. The fourth-order valence-corrected chi connectivity index (χ4v) is 3.20. The van der Waals surface area contributed by atoms with Gasteiger partial charge in [-0.05, 0) is 41.8 Å². The van der Waals surface area contributed by atoms with Crippen LogP contribution in [0.15, 0.2) is 21.6 Å². The number of nitrogens with two attached hydrogens (primary N) is 1. The molecule has 0 bridgehead atoms. The number of nitrogens with zero attached hydrogens (tertiary/aromatic N) is 3. The Labute approximate surface area is 109 Å². The molecule has 0 amide bonds. The number of pyridine rings is 1. The molecule has 0 saturated carbocycles. The first-order chi connectivity index (χ1) is 8.24. The average Bonchev–Trinajstić information content (AvgIpc) is 2.77. The van der Waals surface area contributed by atoms with Crippen LogP contribution in [-0.2, 0) is 13.0 Å². The number of rotatable bonds is 4. The molecule has 0 aliphatic carbocycles. The second-order valence-electron chi connectivity index (χ2n) is 3.55. The maximum absolute atomic E-state index is 5.75. The molecule has 6 heteroatoms. The summed E-state index contributed by atoms with van der Waals surface area (Å²) in [6, 6.07) is 1.98. The Morgan fingerprint density at radius 3 is 2.94 bits per heavy atom. The number of aryl methyl sites for hydroxylation is 2. The monoisotopic (exact) mass is 266 g/mol. The molecule has 2 N–H and O–H groups in total. The summed E-state index contributed by atoms with van der Waals surface area (Å²) >= 11 is 2.96. The Morgan fingerprint density at radius 2 is 2.29 bits per heavy atom. The first kappa shape index (κ1) is 12.5. The van der Waals surface area contributed by atoms with Gasteiger partial charge in [0.1, 0.15) is 10.9 Å². The molecule has 2 heterocycles. The summed E-state index contributed by atoms with van der Waals surface area (Å²) in [5.74, 6) is 0.888. The van der Waals surface area contributed by atoms with E-state index in [-0.39, 0.29) is 0 Å². The van der Waals surface area contributed by atoms with Gasteiger partial charge in [0.25, 0.3) is 0 Å². The number of hydrogen-bond acceptors (Lipinski definition) is 6. The molecule has 2 rings (SSSR count). The predicted molar refractivity (Wildman–Crippen MR) is 70.3 cm³/mol. The summed E-state index contributed by atoms with van der Waals surface area (Å²) in [7, 11) is 0. The molecular weight excluding hydrogens is 252 g/mol. The van der Waals surface area contributed by atoms with Crippen molar-refractivity contribution in [2.45, 2.75) is 36.2 Å². The Hall–Kier alpha value is -0.980. The zero-order valence-electron chi connectivity index (χ0n) is 9.80. The highest BCUT2D eigenvalue weighted by Gasteiger charge is 2.10. The first-order valence-electron chi connectivity index (χ1n) is 5.39. The van der Waals surface area contributed by atoms with E-state index >= 15 is 0 Å². The molecule has 0 aromatic carbocycles. The topological polar surface area (TPSA) is 64.7 Å². The molecule has 2 aromatic rings. The largest absolute Gasteiger partial charge is 0.326 e. The third-order valence-corrected chi connectivity index (χ3v) is 4.24. The van der Waals surface area contributed by atoms with E-state index in [1.165, 1.54) is 17.1 Å². The van der Waals surface area contributed by atoms with Gasteiger partial charge in [0.15, 0.2) is 4.34 Å². The molecular formula is C11H14N4S2.